The number of H-pyrrole nitrogens is 1. The van der Waals surface area contributed by atoms with E-state index < -0.39 is 23.7 Å². The summed E-state index contributed by atoms with van der Waals surface area (Å²) in [7, 11) is 0. The van der Waals surface area contributed by atoms with E-state index in [1.807, 2.05) is 25.1 Å². The number of carbonyl (C=O) groups excluding carboxylic acids is 2. The summed E-state index contributed by atoms with van der Waals surface area (Å²) in [5, 5.41) is 7.40. The maximum Gasteiger partial charge on any atom is 0.290 e. The second kappa shape index (κ2) is 7.22. The van der Waals surface area contributed by atoms with Gasteiger partial charge in [0.2, 0.25) is 0 Å². The summed E-state index contributed by atoms with van der Waals surface area (Å²) < 4.78 is 18.3. The molecule has 3 aromatic rings. The zero-order chi connectivity index (χ0) is 18.7. The molecule has 0 saturated heterocycles. The minimum atomic E-state index is -0.890. The van der Waals surface area contributed by atoms with Gasteiger partial charge in [0.15, 0.2) is 11.8 Å². The minimum Gasteiger partial charge on any atom is -0.481 e. The smallest absolute Gasteiger partial charge is 0.290 e. The Morgan fingerprint density at radius 1 is 1.15 bits per heavy atom. The van der Waals surface area contributed by atoms with Gasteiger partial charge in [0, 0.05) is 5.39 Å². The van der Waals surface area contributed by atoms with Crippen LogP contribution in [-0.4, -0.2) is 28.1 Å². The maximum absolute atomic E-state index is 12.9. The van der Waals surface area contributed by atoms with Crippen LogP contribution in [0.3, 0.4) is 0 Å². The van der Waals surface area contributed by atoms with Crippen molar-refractivity contribution in [3.05, 3.63) is 59.5 Å². The number of benzene rings is 2. The number of hydrogen-bond acceptors (Lipinski definition) is 4. The summed E-state index contributed by atoms with van der Waals surface area (Å²) in [6.45, 7) is 3.42. The lowest BCUT2D eigenvalue weighted by molar-refractivity contribution is -0.128. The first-order chi connectivity index (χ1) is 12.4. The molecule has 3 N–H and O–H groups in total. The Bertz CT molecular complexity index is 953. The van der Waals surface area contributed by atoms with E-state index in [2.05, 4.69) is 21.0 Å². The van der Waals surface area contributed by atoms with Crippen LogP contribution in [0.1, 0.15) is 23.0 Å². The van der Waals surface area contributed by atoms with Crippen LogP contribution in [0.15, 0.2) is 42.5 Å². The van der Waals surface area contributed by atoms with Crippen LogP contribution >= 0.6 is 0 Å². The van der Waals surface area contributed by atoms with Gasteiger partial charge in [-0.3, -0.25) is 25.5 Å². The van der Waals surface area contributed by atoms with Crippen molar-refractivity contribution in [1.29, 1.82) is 0 Å². The molecule has 0 radical (unpaired) electrons. The van der Waals surface area contributed by atoms with E-state index in [0.717, 1.165) is 11.1 Å². The van der Waals surface area contributed by atoms with Gasteiger partial charge in [0.25, 0.3) is 11.8 Å². The van der Waals surface area contributed by atoms with Gasteiger partial charge in [-0.25, -0.2) is 4.39 Å². The average Bonchev–Trinajstić information content (AvgIpc) is 3.04. The molecule has 1 atom stereocenters. The number of carbonyl (C=O) groups is 2. The van der Waals surface area contributed by atoms with Crippen molar-refractivity contribution in [3.8, 4) is 5.75 Å². The minimum absolute atomic E-state index is 0.177. The zero-order valence-electron chi connectivity index (χ0n) is 14.2. The van der Waals surface area contributed by atoms with Crippen LogP contribution in [0.4, 0.5) is 4.39 Å². The third-order valence-electron chi connectivity index (χ3n) is 3.73. The van der Waals surface area contributed by atoms with Gasteiger partial charge in [0.05, 0.1) is 5.52 Å². The van der Waals surface area contributed by atoms with Crippen molar-refractivity contribution in [3.63, 3.8) is 0 Å². The molecule has 7 nitrogen and oxygen atoms in total. The molecule has 0 aliphatic heterocycles. The topological polar surface area (TPSA) is 96.1 Å². The van der Waals surface area contributed by atoms with Gasteiger partial charge >= 0.3 is 0 Å². The average molecular weight is 356 g/mol. The fraction of sp³-hybridized carbons (Fsp3) is 0.167. The Kier molecular flexibility index (Phi) is 4.83. The largest absolute Gasteiger partial charge is 0.481 e. The number of aryl methyl sites for hydroxylation is 1. The number of nitrogens with one attached hydrogen (secondary N) is 3. The van der Waals surface area contributed by atoms with Crippen molar-refractivity contribution < 1.29 is 18.7 Å². The molecule has 2 aromatic carbocycles. The summed E-state index contributed by atoms with van der Waals surface area (Å²) >= 11 is 0. The van der Waals surface area contributed by atoms with Gasteiger partial charge in [-0.05, 0) is 50.2 Å². The monoisotopic (exact) mass is 356 g/mol. The van der Waals surface area contributed by atoms with Crippen molar-refractivity contribution in [2.45, 2.75) is 20.0 Å². The van der Waals surface area contributed by atoms with E-state index >= 15 is 0 Å². The van der Waals surface area contributed by atoms with E-state index in [1.54, 1.807) is 0 Å². The molecule has 1 heterocycles. The predicted octanol–water partition coefficient (Wildman–Crippen LogP) is 2.24. The highest BCUT2D eigenvalue weighted by Crippen LogP contribution is 2.17. The van der Waals surface area contributed by atoms with Crippen LogP contribution in [0, 0.1) is 12.7 Å². The number of aromatic nitrogens is 2. The van der Waals surface area contributed by atoms with Gasteiger partial charge in [-0.1, -0.05) is 11.6 Å². The molecule has 26 heavy (non-hydrogen) atoms. The molecular formula is C18H17FN4O3. The van der Waals surface area contributed by atoms with Gasteiger partial charge in [0.1, 0.15) is 11.6 Å². The number of ether oxygens (including phenoxy) is 1. The summed E-state index contributed by atoms with van der Waals surface area (Å²) in [5.74, 6) is -1.17. The molecule has 1 unspecified atom stereocenters. The first-order valence-corrected chi connectivity index (χ1v) is 7.91. The normalized spacial score (nSPS) is 11.8. The number of halogens is 1. The molecule has 8 heteroatoms. The van der Waals surface area contributed by atoms with Crippen LogP contribution < -0.4 is 15.6 Å². The Morgan fingerprint density at radius 2 is 1.88 bits per heavy atom. The number of amides is 2. The molecule has 0 fully saturated rings. The van der Waals surface area contributed by atoms with Crippen molar-refractivity contribution in [2.75, 3.05) is 0 Å². The Morgan fingerprint density at radius 3 is 2.62 bits per heavy atom. The highest BCUT2D eigenvalue weighted by atomic mass is 19.1. The molecule has 2 amide bonds. The van der Waals surface area contributed by atoms with Gasteiger partial charge in [-0.15, -0.1) is 0 Å². The van der Waals surface area contributed by atoms with Gasteiger partial charge < -0.3 is 4.74 Å². The van der Waals surface area contributed by atoms with Crippen LogP contribution in [0.2, 0.25) is 0 Å². The highest BCUT2D eigenvalue weighted by molar-refractivity contribution is 6.05. The number of hydrogen-bond donors (Lipinski definition) is 3. The number of rotatable bonds is 4. The fourth-order valence-corrected chi connectivity index (χ4v) is 2.35. The van der Waals surface area contributed by atoms with E-state index in [4.69, 9.17) is 4.74 Å². The Labute approximate surface area is 148 Å². The van der Waals surface area contributed by atoms with E-state index in [9.17, 15) is 14.0 Å². The van der Waals surface area contributed by atoms with Crippen LogP contribution in [0.25, 0.3) is 10.9 Å². The number of nitrogens with zero attached hydrogens (tertiary/aromatic N) is 1. The summed E-state index contributed by atoms with van der Waals surface area (Å²) in [6.07, 6.45) is -0.890. The molecule has 0 aliphatic carbocycles. The lowest BCUT2D eigenvalue weighted by Crippen LogP contribution is -2.47. The second-order valence-corrected chi connectivity index (χ2v) is 5.78. The number of hydrazine groups is 1. The first-order valence-electron chi connectivity index (χ1n) is 7.91. The standard InChI is InChI=1S/C18H17FN4O3/c1-10-3-8-15-14(9-10)16(21-20-15)18(25)23-22-17(24)11(2)26-13-6-4-12(19)5-7-13/h3-9,11H,1-2H3,(H,20,21)(H,22,24)(H,23,25). The molecule has 1 aromatic heterocycles. The molecule has 0 saturated carbocycles. The highest BCUT2D eigenvalue weighted by Gasteiger charge is 2.18. The first kappa shape index (κ1) is 17.4. The summed E-state index contributed by atoms with van der Waals surface area (Å²) in [4.78, 5) is 24.3. The Balaban J connectivity index is 1.60. The molecule has 0 bridgehead atoms. The summed E-state index contributed by atoms with van der Waals surface area (Å²) in [6, 6.07) is 10.8. The lowest BCUT2D eigenvalue weighted by Gasteiger charge is -2.14. The van der Waals surface area contributed by atoms with Crippen molar-refractivity contribution >= 4 is 22.7 Å². The maximum atomic E-state index is 12.9. The quantitative estimate of drug-likeness (QED) is 0.625. The fourth-order valence-electron chi connectivity index (χ4n) is 2.35. The molecule has 0 aliphatic rings. The third kappa shape index (κ3) is 3.80. The number of fused-ring (bicyclic) bond motifs is 1. The third-order valence-corrected chi connectivity index (χ3v) is 3.73. The predicted molar refractivity (Wildman–Crippen MR) is 92.9 cm³/mol. The van der Waals surface area contributed by atoms with E-state index in [0.29, 0.717) is 11.1 Å². The van der Waals surface area contributed by atoms with Crippen LogP contribution in [0.5, 0.6) is 5.75 Å². The second-order valence-electron chi connectivity index (χ2n) is 5.78. The van der Waals surface area contributed by atoms with Crippen molar-refractivity contribution in [1.82, 2.24) is 21.0 Å². The summed E-state index contributed by atoms with van der Waals surface area (Å²) in [5.41, 5.74) is 6.49. The SMILES string of the molecule is Cc1ccc2[nH]nc(C(=O)NNC(=O)C(C)Oc3ccc(F)cc3)c2c1. The molecule has 3 rings (SSSR count). The van der Waals surface area contributed by atoms with E-state index in [-0.39, 0.29) is 5.69 Å². The van der Waals surface area contributed by atoms with Crippen molar-refractivity contribution in [2.24, 2.45) is 0 Å². The number of aromatic amines is 1. The lowest BCUT2D eigenvalue weighted by atomic mass is 10.1. The Hall–Kier alpha value is -3.42. The molecule has 134 valence electrons. The molecular weight excluding hydrogens is 339 g/mol. The van der Waals surface area contributed by atoms with Crippen LogP contribution in [-0.2, 0) is 4.79 Å². The van der Waals surface area contributed by atoms with E-state index in [1.165, 1.54) is 31.2 Å². The zero-order valence-corrected chi connectivity index (χ0v) is 14.2. The molecule has 0 spiro atoms. The van der Waals surface area contributed by atoms with Gasteiger partial charge in [-0.2, -0.15) is 5.10 Å².